The molecule has 0 spiro atoms. The highest BCUT2D eigenvalue weighted by atomic mass is 35.5. The van der Waals surface area contributed by atoms with Crippen LogP contribution in [0.2, 0.25) is 5.02 Å². The number of nitrogens with one attached hydrogen (secondary N) is 2. The molecule has 0 unspecified atom stereocenters. The molecule has 5 nitrogen and oxygen atoms in total. The molecule has 2 aromatic rings. The second-order valence-corrected chi connectivity index (χ2v) is 4.94. The highest BCUT2D eigenvalue weighted by Gasteiger charge is 2.31. The van der Waals surface area contributed by atoms with Crippen molar-refractivity contribution in [3.05, 3.63) is 47.5 Å². The van der Waals surface area contributed by atoms with E-state index in [0.29, 0.717) is 16.5 Å². The Labute approximate surface area is 140 Å². The number of rotatable bonds is 4. The normalized spacial score (nSPS) is 10.9. The van der Waals surface area contributed by atoms with Crippen LogP contribution in [0.25, 0.3) is 0 Å². The first-order chi connectivity index (χ1) is 11.3. The summed E-state index contributed by atoms with van der Waals surface area (Å²) in [5, 5.41) is 5.27. The van der Waals surface area contributed by atoms with Crippen molar-refractivity contribution >= 4 is 29.0 Å². The summed E-state index contributed by atoms with van der Waals surface area (Å²) in [6, 6.07) is 8.84. The monoisotopic (exact) mass is 360 g/mol. The molecular weight excluding hydrogens is 349 g/mol. The van der Waals surface area contributed by atoms with Gasteiger partial charge in [0.15, 0.2) is 0 Å². The Morgan fingerprint density at radius 1 is 1.12 bits per heavy atom. The molecule has 0 bridgehead atoms. The minimum absolute atomic E-state index is 0.121. The van der Waals surface area contributed by atoms with Gasteiger partial charge in [-0.3, -0.25) is 0 Å². The Balaban J connectivity index is 2.08. The number of carbonyl (C=O) groups is 1. The lowest BCUT2D eigenvalue weighted by atomic mass is 10.3. The van der Waals surface area contributed by atoms with Gasteiger partial charge in [0, 0.05) is 16.8 Å². The molecule has 0 saturated carbocycles. The van der Waals surface area contributed by atoms with Crippen LogP contribution in [0.3, 0.4) is 0 Å². The molecule has 0 aromatic heterocycles. The van der Waals surface area contributed by atoms with Crippen LogP contribution >= 0.6 is 11.6 Å². The summed E-state index contributed by atoms with van der Waals surface area (Å²) in [5.41, 5.74) is 0.431. The first-order valence-electron chi connectivity index (χ1n) is 6.54. The van der Waals surface area contributed by atoms with Crippen molar-refractivity contribution in [1.82, 2.24) is 0 Å². The van der Waals surface area contributed by atoms with Crippen LogP contribution in [0.5, 0.6) is 11.5 Å². The van der Waals surface area contributed by atoms with Crippen molar-refractivity contribution in [1.29, 1.82) is 0 Å². The second kappa shape index (κ2) is 7.31. The fourth-order valence-electron chi connectivity index (χ4n) is 1.83. The van der Waals surface area contributed by atoms with Gasteiger partial charge >= 0.3 is 12.4 Å². The van der Waals surface area contributed by atoms with Crippen LogP contribution in [0.4, 0.5) is 29.3 Å². The summed E-state index contributed by atoms with van der Waals surface area (Å²) in [7, 11) is 1.42. The SMILES string of the molecule is COc1ccc(Cl)cc1NC(=O)Nc1cccc(OC(F)(F)F)c1. The molecule has 0 aliphatic carbocycles. The molecule has 0 aliphatic heterocycles. The maximum absolute atomic E-state index is 12.2. The van der Waals surface area contributed by atoms with Crippen molar-refractivity contribution in [2.75, 3.05) is 17.7 Å². The lowest BCUT2D eigenvalue weighted by molar-refractivity contribution is -0.274. The molecule has 0 aliphatic rings. The number of ether oxygens (including phenoxy) is 2. The molecule has 0 radical (unpaired) electrons. The summed E-state index contributed by atoms with van der Waals surface area (Å²) in [4.78, 5) is 12.0. The largest absolute Gasteiger partial charge is 0.573 e. The summed E-state index contributed by atoms with van der Waals surface area (Å²) in [6.45, 7) is 0. The third-order valence-corrected chi connectivity index (χ3v) is 2.97. The number of benzene rings is 2. The first-order valence-corrected chi connectivity index (χ1v) is 6.92. The topological polar surface area (TPSA) is 59.6 Å². The molecule has 2 amide bonds. The standard InChI is InChI=1S/C15H12ClF3N2O3/c1-23-13-6-5-9(16)7-12(13)21-14(22)20-10-3-2-4-11(8-10)24-15(17,18)19/h2-8H,1H3,(H2,20,21,22). The van der Waals surface area contributed by atoms with E-state index in [1.165, 1.54) is 25.3 Å². The molecule has 128 valence electrons. The Hall–Kier alpha value is -2.61. The van der Waals surface area contributed by atoms with E-state index in [9.17, 15) is 18.0 Å². The van der Waals surface area contributed by atoms with Gasteiger partial charge in [-0.2, -0.15) is 0 Å². The number of halogens is 4. The van der Waals surface area contributed by atoms with E-state index in [2.05, 4.69) is 15.4 Å². The molecule has 0 atom stereocenters. The van der Waals surface area contributed by atoms with Gasteiger partial charge in [0.25, 0.3) is 0 Å². The zero-order chi connectivity index (χ0) is 17.7. The summed E-state index contributed by atoms with van der Waals surface area (Å²) in [5.74, 6) is -0.0654. The third-order valence-electron chi connectivity index (χ3n) is 2.74. The smallest absolute Gasteiger partial charge is 0.495 e. The van der Waals surface area contributed by atoms with Crippen LogP contribution < -0.4 is 20.1 Å². The quantitative estimate of drug-likeness (QED) is 0.816. The molecule has 2 aromatic carbocycles. The highest BCUT2D eigenvalue weighted by molar-refractivity contribution is 6.31. The van der Waals surface area contributed by atoms with Gasteiger partial charge in [0.2, 0.25) is 0 Å². The van der Waals surface area contributed by atoms with Crippen LogP contribution in [-0.4, -0.2) is 19.5 Å². The van der Waals surface area contributed by atoms with Gasteiger partial charge in [-0.1, -0.05) is 17.7 Å². The second-order valence-electron chi connectivity index (χ2n) is 4.50. The van der Waals surface area contributed by atoms with Crippen molar-refractivity contribution in [3.8, 4) is 11.5 Å². The number of alkyl halides is 3. The molecule has 24 heavy (non-hydrogen) atoms. The average Bonchev–Trinajstić information content (AvgIpc) is 2.46. The minimum Gasteiger partial charge on any atom is -0.495 e. The Kier molecular flexibility index (Phi) is 5.40. The number of hydrogen-bond acceptors (Lipinski definition) is 3. The maximum Gasteiger partial charge on any atom is 0.573 e. The van der Waals surface area contributed by atoms with E-state index in [4.69, 9.17) is 16.3 Å². The van der Waals surface area contributed by atoms with E-state index in [0.717, 1.165) is 12.1 Å². The fourth-order valence-corrected chi connectivity index (χ4v) is 2.01. The molecule has 0 saturated heterocycles. The number of carbonyl (C=O) groups excluding carboxylic acids is 1. The van der Waals surface area contributed by atoms with Gasteiger partial charge in [-0.25, -0.2) is 4.79 Å². The van der Waals surface area contributed by atoms with Crippen molar-refractivity contribution in [3.63, 3.8) is 0 Å². The van der Waals surface area contributed by atoms with E-state index in [1.54, 1.807) is 12.1 Å². The molecule has 0 heterocycles. The minimum atomic E-state index is -4.81. The third kappa shape index (κ3) is 5.24. The van der Waals surface area contributed by atoms with Crippen LogP contribution in [0.15, 0.2) is 42.5 Å². The average molecular weight is 361 g/mol. The molecular formula is C15H12ClF3N2O3. The van der Waals surface area contributed by atoms with E-state index in [-0.39, 0.29) is 5.69 Å². The summed E-state index contributed by atoms with van der Waals surface area (Å²) in [6.07, 6.45) is -4.81. The number of urea groups is 1. The van der Waals surface area contributed by atoms with Crippen LogP contribution in [0, 0.1) is 0 Å². The number of anilines is 2. The fraction of sp³-hybridized carbons (Fsp3) is 0.133. The van der Waals surface area contributed by atoms with Crippen molar-refractivity contribution in [2.24, 2.45) is 0 Å². The number of hydrogen-bond donors (Lipinski definition) is 2. The predicted octanol–water partition coefficient (Wildman–Crippen LogP) is 4.89. The van der Waals surface area contributed by atoms with Crippen molar-refractivity contribution < 1.29 is 27.4 Å². The Bertz CT molecular complexity index is 738. The zero-order valence-corrected chi connectivity index (χ0v) is 13.0. The van der Waals surface area contributed by atoms with Gasteiger partial charge in [0.1, 0.15) is 11.5 Å². The summed E-state index contributed by atoms with van der Waals surface area (Å²) >= 11 is 5.85. The Morgan fingerprint density at radius 2 is 1.88 bits per heavy atom. The molecule has 0 fully saturated rings. The number of methoxy groups -OCH3 is 1. The number of amides is 2. The van der Waals surface area contributed by atoms with Gasteiger partial charge < -0.3 is 20.1 Å². The highest BCUT2D eigenvalue weighted by Crippen LogP contribution is 2.28. The van der Waals surface area contributed by atoms with Gasteiger partial charge in [-0.15, -0.1) is 13.2 Å². The van der Waals surface area contributed by atoms with E-state index in [1.807, 2.05) is 0 Å². The predicted molar refractivity (Wildman–Crippen MR) is 83.8 cm³/mol. The maximum atomic E-state index is 12.2. The van der Waals surface area contributed by atoms with E-state index < -0.39 is 18.1 Å². The molecule has 2 N–H and O–H groups in total. The summed E-state index contributed by atoms with van der Waals surface area (Å²) < 4.78 is 45.5. The van der Waals surface area contributed by atoms with Gasteiger partial charge in [-0.05, 0) is 30.3 Å². The van der Waals surface area contributed by atoms with Crippen LogP contribution in [0.1, 0.15) is 0 Å². The lowest BCUT2D eigenvalue weighted by Gasteiger charge is -2.13. The lowest BCUT2D eigenvalue weighted by Crippen LogP contribution is -2.20. The first kappa shape index (κ1) is 17.7. The molecule has 2 rings (SSSR count). The van der Waals surface area contributed by atoms with Crippen molar-refractivity contribution in [2.45, 2.75) is 6.36 Å². The Morgan fingerprint density at radius 3 is 2.54 bits per heavy atom. The zero-order valence-electron chi connectivity index (χ0n) is 12.3. The molecule has 9 heteroatoms. The van der Waals surface area contributed by atoms with Gasteiger partial charge in [0.05, 0.1) is 12.8 Å². The van der Waals surface area contributed by atoms with Crippen LogP contribution in [-0.2, 0) is 0 Å². The van der Waals surface area contributed by atoms with E-state index >= 15 is 0 Å².